The van der Waals surface area contributed by atoms with Gasteiger partial charge in [0, 0.05) is 6.54 Å². The third-order valence-corrected chi connectivity index (χ3v) is 1.62. The Kier molecular flexibility index (Phi) is 2.70. The molecule has 62 valence electrons. The molecule has 0 aromatic carbocycles. The van der Waals surface area contributed by atoms with E-state index in [1.807, 2.05) is 0 Å². The van der Waals surface area contributed by atoms with E-state index in [0.29, 0.717) is 19.5 Å². The van der Waals surface area contributed by atoms with Crippen molar-refractivity contribution in [3.05, 3.63) is 0 Å². The summed E-state index contributed by atoms with van der Waals surface area (Å²) in [6.07, 6.45) is 0.330. The zero-order valence-electron chi connectivity index (χ0n) is 6.24. The molecule has 0 aromatic rings. The van der Waals surface area contributed by atoms with E-state index in [2.05, 4.69) is 5.32 Å². The molecule has 1 unspecified atom stereocenters. The molecule has 1 saturated heterocycles. The van der Waals surface area contributed by atoms with Gasteiger partial charge < -0.3 is 4.84 Å². The molecule has 0 amide bonds. The molecule has 5 nitrogen and oxygen atoms in total. The van der Waals surface area contributed by atoms with Crippen molar-refractivity contribution in [1.82, 2.24) is 10.4 Å². The van der Waals surface area contributed by atoms with Crippen LogP contribution in [0.25, 0.3) is 0 Å². The van der Waals surface area contributed by atoms with E-state index in [4.69, 9.17) is 4.84 Å². The highest BCUT2D eigenvalue weighted by molar-refractivity contribution is 6.27. The second-order valence-electron chi connectivity index (χ2n) is 2.28. The van der Waals surface area contributed by atoms with Gasteiger partial charge in [0.2, 0.25) is 5.78 Å². The molecule has 0 radical (unpaired) electrons. The summed E-state index contributed by atoms with van der Waals surface area (Å²) in [7, 11) is 1.52. The maximum atomic E-state index is 10.8. The summed E-state index contributed by atoms with van der Waals surface area (Å²) in [5.41, 5.74) is 0. The molecular weight excluding hydrogens is 148 g/mol. The Bertz CT molecular complexity index is 171. The van der Waals surface area contributed by atoms with E-state index in [-0.39, 0.29) is 0 Å². The minimum absolute atomic E-state index is 0.330. The molecule has 0 aromatic heterocycles. The van der Waals surface area contributed by atoms with Gasteiger partial charge >= 0.3 is 0 Å². The van der Waals surface area contributed by atoms with Crippen molar-refractivity contribution in [2.45, 2.75) is 6.04 Å². The maximum absolute atomic E-state index is 10.8. The highest BCUT2D eigenvalue weighted by Gasteiger charge is 2.26. The largest absolute Gasteiger partial charge is 0.301 e. The summed E-state index contributed by atoms with van der Waals surface area (Å²) in [4.78, 5) is 25.6. The zero-order chi connectivity index (χ0) is 8.27. The van der Waals surface area contributed by atoms with Crippen molar-refractivity contribution in [2.75, 3.05) is 20.3 Å². The number of rotatable bonds is 3. The van der Waals surface area contributed by atoms with Crippen molar-refractivity contribution in [2.24, 2.45) is 0 Å². The van der Waals surface area contributed by atoms with Gasteiger partial charge in [0.25, 0.3) is 0 Å². The number of nitrogens with zero attached hydrogens (tertiary/aromatic N) is 1. The molecule has 0 saturated carbocycles. The SMILES string of the molecule is CON1CNC(C(=O)C=O)C1. The fraction of sp³-hybridized carbons (Fsp3) is 0.667. The number of aldehydes is 1. The van der Waals surface area contributed by atoms with Crippen LogP contribution in [0, 0.1) is 0 Å². The second kappa shape index (κ2) is 3.56. The van der Waals surface area contributed by atoms with E-state index in [1.165, 1.54) is 7.11 Å². The Morgan fingerprint density at radius 3 is 3.00 bits per heavy atom. The van der Waals surface area contributed by atoms with Crippen LogP contribution in [0.4, 0.5) is 0 Å². The van der Waals surface area contributed by atoms with E-state index in [0.717, 1.165) is 0 Å². The van der Waals surface area contributed by atoms with Crippen molar-refractivity contribution in [3.63, 3.8) is 0 Å². The highest BCUT2D eigenvalue weighted by Crippen LogP contribution is 1.99. The predicted octanol–water partition coefficient (Wildman–Crippen LogP) is -1.45. The van der Waals surface area contributed by atoms with Gasteiger partial charge in [-0.1, -0.05) is 0 Å². The molecule has 0 aliphatic carbocycles. The molecule has 5 heteroatoms. The van der Waals surface area contributed by atoms with Gasteiger partial charge in [0.15, 0.2) is 6.29 Å². The number of hydrogen-bond donors (Lipinski definition) is 1. The van der Waals surface area contributed by atoms with Crippen LogP contribution >= 0.6 is 0 Å². The van der Waals surface area contributed by atoms with Crippen molar-refractivity contribution in [1.29, 1.82) is 0 Å². The van der Waals surface area contributed by atoms with Gasteiger partial charge in [-0.3, -0.25) is 14.9 Å². The fourth-order valence-corrected chi connectivity index (χ4v) is 0.957. The molecule has 1 rings (SSSR count). The maximum Gasteiger partial charge on any atom is 0.213 e. The Morgan fingerprint density at radius 2 is 2.55 bits per heavy atom. The lowest BCUT2D eigenvalue weighted by Gasteiger charge is -2.08. The van der Waals surface area contributed by atoms with Gasteiger partial charge in [-0.15, -0.1) is 0 Å². The molecule has 11 heavy (non-hydrogen) atoms. The van der Waals surface area contributed by atoms with Crippen molar-refractivity contribution in [3.8, 4) is 0 Å². The summed E-state index contributed by atoms with van der Waals surface area (Å²) in [5.74, 6) is -0.426. The van der Waals surface area contributed by atoms with Crippen LogP contribution in [-0.4, -0.2) is 43.5 Å². The zero-order valence-corrected chi connectivity index (χ0v) is 6.24. The lowest BCUT2D eigenvalue weighted by atomic mass is 10.2. The molecule has 0 bridgehead atoms. The monoisotopic (exact) mass is 158 g/mol. The van der Waals surface area contributed by atoms with Crippen LogP contribution in [0.15, 0.2) is 0 Å². The summed E-state index contributed by atoms with van der Waals surface area (Å²) in [6, 6.07) is -0.396. The van der Waals surface area contributed by atoms with Crippen LogP contribution in [0.1, 0.15) is 0 Å². The van der Waals surface area contributed by atoms with Gasteiger partial charge in [0.05, 0.1) is 19.8 Å². The van der Waals surface area contributed by atoms with Crippen LogP contribution in [0.5, 0.6) is 0 Å². The quantitative estimate of drug-likeness (QED) is 0.402. The third-order valence-electron chi connectivity index (χ3n) is 1.62. The number of carbonyl (C=O) groups excluding carboxylic acids is 2. The number of Topliss-reactive ketones (excluding diaryl/α,β-unsaturated/α-hetero) is 1. The summed E-state index contributed by atoms with van der Waals surface area (Å²) in [5, 5.41) is 4.40. The van der Waals surface area contributed by atoms with E-state index in [9.17, 15) is 9.59 Å². The van der Waals surface area contributed by atoms with Gasteiger partial charge in [-0.2, -0.15) is 5.06 Å². The minimum Gasteiger partial charge on any atom is -0.301 e. The highest BCUT2D eigenvalue weighted by atomic mass is 16.7. The molecule has 0 spiro atoms. The van der Waals surface area contributed by atoms with Gasteiger partial charge in [-0.05, 0) is 0 Å². The number of ketones is 1. The molecular formula is C6H10N2O3. The second-order valence-corrected chi connectivity index (χ2v) is 2.28. The Hall–Kier alpha value is -0.780. The number of hydrogen-bond acceptors (Lipinski definition) is 5. The van der Waals surface area contributed by atoms with E-state index >= 15 is 0 Å². The first kappa shape index (κ1) is 8.32. The number of carbonyl (C=O) groups is 2. The number of hydroxylamine groups is 2. The topological polar surface area (TPSA) is 58.6 Å². The van der Waals surface area contributed by atoms with Gasteiger partial charge in [0.1, 0.15) is 0 Å². The van der Waals surface area contributed by atoms with E-state index < -0.39 is 11.8 Å². The Labute approximate surface area is 64.3 Å². The van der Waals surface area contributed by atoms with Crippen molar-refractivity contribution < 1.29 is 14.4 Å². The molecule has 1 N–H and O–H groups in total. The fourth-order valence-electron chi connectivity index (χ4n) is 0.957. The molecule has 1 heterocycles. The molecule has 1 fully saturated rings. The summed E-state index contributed by atoms with van der Waals surface area (Å²) in [6.45, 7) is 0.925. The normalized spacial score (nSPS) is 25.4. The summed E-state index contributed by atoms with van der Waals surface area (Å²) < 4.78 is 0. The first-order valence-corrected chi connectivity index (χ1v) is 3.29. The average Bonchev–Trinajstić information content (AvgIpc) is 2.50. The summed E-state index contributed by atoms with van der Waals surface area (Å²) >= 11 is 0. The van der Waals surface area contributed by atoms with Crippen LogP contribution in [0.2, 0.25) is 0 Å². The molecule has 1 aliphatic heterocycles. The number of nitrogens with one attached hydrogen (secondary N) is 1. The van der Waals surface area contributed by atoms with Crippen LogP contribution in [-0.2, 0) is 14.4 Å². The van der Waals surface area contributed by atoms with Crippen LogP contribution in [0.3, 0.4) is 0 Å². The lowest BCUT2D eigenvalue weighted by molar-refractivity contribution is -0.133. The third kappa shape index (κ3) is 1.83. The first-order chi connectivity index (χ1) is 5.27. The van der Waals surface area contributed by atoms with E-state index in [1.54, 1.807) is 5.06 Å². The first-order valence-electron chi connectivity index (χ1n) is 3.29. The Balaban J connectivity index is 2.41. The van der Waals surface area contributed by atoms with Crippen molar-refractivity contribution >= 4 is 12.1 Å². The standard InChI is InChI=1S/C6H10N2O3/c1-11-8-2-5(7-4-8)6(10)3-9/h3,5,7H,2,4H2,1H3. The lowest BCUT2D eigenvalue weighted by Crippen LogP contribution is -2.33. The smallest absolute Gasteiger partial charge is 0.213 e. The van der Waals surface area contributed by atoms with Crippen LogP contribution < -0.4 is 5.32 Å². The molecule has 1 atom stereocenters. The Morgan fingerprint density at radius 1 is 1.82 bits per heavy atom. The molecule has 1 aliphatic rings. The average molecular weight is 158 g/mol. The minimum atomic E-state index is -0.426. The van der Waals surface area contributed by atoms with Gasteiger partial charge in [-0.25, -0.2) is 0 Å². The predicted molar refractivity (Wildman–Crippen MR) is 36.6 cm³/mol.